The SMILES string of the molecule is Cc1cc(Br)cc(S(=O)(=O)N2CCNCC2c2cccnc2)c1. The van der Waals surface area contributed by atoms with Gasteiger partial charge >= 0.3 is 0 Å². The molecule has 1 fully saturated rings. The third-order valence-electron chi connectivity index (χ3n) is 3.89. The van der Waals surface area contributed by atoms with Crippen LogP contribution < -0.4 is 5.32 Å². The zero-order chi connectivity index (χ0) is 16.4. The monoisotopic (exact) mass is 395 g/mol. The van der Waals surface area contributed by atoms with Gasteiger partial charge in [-0.2, -0.15) is 4.31 Å². The van der Waals surface area contributed by atoms with Gasteiger partial charge in [0.1, 0.15) is 0 Å². The van der Waals surface area contributed by atoms with E-state index in [1.807, 2.05) is 25.1 Å². The van der Waals surface area contributed by atoms with Crippen molar-refractivity contribution in [2.75, 3.05) is 19.6 Å². The molecule has 5 nitrogen and oxygen atoms in total. The maximum Gasteiger partial charge on any atom is 0.243 e. The van der Waals surface area contributed by atoms with E-state index in [4.69, 9.17) is 0 Å². The Hall–Kier alpha value is -1.28. The van der Waals surface area contributed by atoms with E-state index in [0.717, 1.165) is 15.6 Å². The van der Waals surface area contributed by atoms with Crippen LogP contribution in [0.3, 0.4) is 0 Å². The van der Waals surface area contributed by atoms with Crippen molar-refractivity contribution in [3.63, 3.8) is 0 Å². The molecule has 1 atom stereocenters. The van der Waals surface area contributed by atoms with Crippen LogP contribution in [0.4, 0.5) is 0 Å². The number of nitrogens with zero attached hydrogens (tertiary/aromatic N) is 2. The topological polar surface area (TPSA) is 62.3 Å². The molecule has 7 heteroatoms. The fraction of sp³-hybridized carbons (Fsp3) is 0.312. The lowest BCUT2D eigenvalue weighted by Crippen LogP contribution is -2.48. The molecule has 0 bridgehead atoms. The van der Waals surface area contributed by atoms with Gasteiger partial charge in [-0.1, -0.05) is 22.0 Å². The van der Waals surface area contributed by atoms with Crippen LogP contribution in [0.5, 0.6) is 0 Å². The van der Waals surface area contributed by atoms with Crippen LogP contribution in [0.2, 0.25) is 0 Å². The average molecular weight is 396 g/mol. The summed E-state index contributed by atoms with van der Waals surface area (Å²) in [5, 5.41) is 3.27. The van der Waals surface area contributed by atoms with Crippen molar-refractivity contribution in [1.82, 2.24) is 14.6 Å². The summed E-state index contributed by atoms with van der Waals surface area (Å²) < 4.78 is 28.6. The van der Waals surface area contributed by atoms with Gasteiger partial charge in [-0.25, -0.2) is 8.42 Å². The van der Waals surface area contributed by atoms with Gasteiger partial charge in [0.05, 0.1) is 10.9 Å². The number of sulfonamides is 1. The normalized spacial score (nSPS) is 19.7. The highest BCUT2D eigenvalue weighted by molar-refractivity contribution is 9.10. The molecule has 1 aliphatic heterocycles. The van der Waals surface area contributed by atoms with Gasteiger partial charge in [0.25, 0.3) is 0 Å². The lowest BCUT2D eigenvalue weighted by molar-refractivity contribution is 0.271. The van der Waals surface area contributed by atoms with Gasteiger partial charge in [0.15, 0.2) is 0 Å². The lowest BCUT2D eigenvalue weighted by Gasteiger charge is -2.35. The quantitative estimate of drug-likeness (QED) is 0.866. The van der Waals surface area contributed by atoms with Crippen molar-refractivity contribution in [2.24, 2.45) is 0 Å². The van der Waals surface area contributed by atoms with Crippen LogP contribution in [0.25, 0.3) is 0 Å². The Morgan fingerprint density at radius 3 is 2.87 bits per heavy atom. The summed E-state index contributed by atoms with van der Waals surface area (Å²) in [7, 11) is -3.57. The van der Waals surface area contributed by atoms with Crippen molar-refractivity contribution in [2.45, 2.75) is 17.9 Å². The molecule has 0 spiro atoms. The van der Waals surface area contributed by atoms with Crippen LogP contribution in [-0.4, -0.2) is 37.3 Å². The number of nitrogens with one attached hydrogen (secondary N) is 1. The smallest absolute Gasteiger partial charge is 0.243 e. The number of halogens is 1. The Bertz CT molecular complexity index is 776. The minimum atomic E-state index is -3.57. The maximum absolute atomic E-state index is 13.1. The number of pyridine rings is 1. The molecule has 3 rings (SSSR count). The van der Waals surface area contributed by atoms with Crippen molar-refractivity contribution < 1.29 is 8.42 Å². The summed E-state index contributed by atoms with van der Waals surface area (Å²) in [6.45, 7) is 3.55. The molecule has 0 radical (unpaired) electrons. The molecular formula is C16H18BrN3O2S. The second kappa shape index (κ2) is 6.68. The van der Waals surface area contributed by atoms with Crippen molar-refractivity contribution in [1.29, 1.82) is 0 Å². The molecule has 1 saturated heterocycles. The number of benzene rings is 1. The third-order valence-corrected chi connectivity index (χ3v) is 6.23. The van der Waals surface area contributed by atoms with Crippen molar-refractivity contribution in [3.8, 4) is 0 Å². The van der Waals surface area contributed by atoms with Crippen molar-refractivity contribution >= 4 is 26.0 Å². The molecule has 1 aromatic heterocycles. The van der Waals surface area contributed by atoms with Gasteiger partial charge in [-0.05, 0) is 42.3 Å². The molecule has 1 N–H and O–H groups in total. The number of aromatic nitrogens is 1. The number of hydrogen-bond acceptors (Lipinski definition) is 4. The highest BCUT2D eigenvalue weighted by Crippen LogP contribution is 2.30. The van der Waals surface area contributed by atoms with Crippen LogP contribution in [0, 0.1) is 6.92 Å². The first-order valence-electron chi connectivity index (χ1n) is 7.38. The summed E-state index contributed by atoms with van der Waals surface area (Å²) >= 11 is 3.38. The molecule has 2 heterocycles. The van der Waals surface area contributed by atoms with E-state index in [-0.39, 0.29) is 6.04 Å². The highest BCUT2D eigenvalue weighted by atomic mass is 79.9. The predicted octanol–water partition coefficient (Wildman–Crippen LogP) is 2.49. The van der Waals surface area contributed by atoms with Crippen LogP contribution in [0.15, 0.2) is 52.1 Å². The standard InChI is InChI=1S/C16H18BrN3O2S/c1-12-7-14(17)9-15(8-12)23(21,22)20-6-5-19-11-16(20)13-3-2-4-18-10-13/h2-4,7-10,16,19H,5-6,11H2,1H3. The summed E-state index contributed by atoms with van der Waals surface area (Å²) in [6.07, 6.45) is 3.42. The van der Waals surface area contributed by atoms with E-state index in [0.29, 0.717) is 24.5 Å². The Morgan fingerprint density at radius 1 is 1.35 bits per heavy atom. The second-order valence-corrected chi connectivity index (χ2v) is 8.39. The Morgan fingerprint density at radius 2 is 2.17 bits per heavy atom. The molecule has 0 amide bonds. The molecule has 1 unspecified atom stereocenters. The number of aryl methyl sites for hydroxylation is 1. The molecule has 1 aliphatic rings. The van der Waals surface area contributed by atoms with E-state index in [1.54, 1.807) is 28.8 Å². The molecule has 2 aromatic rings. The first-order valence-corrected chi connectivity index (χ1v) is 9.61. The van der Waals surface area contributed by atoms with Crippen LogP contribution in [0.1, 0.15) is 17.2 Å². The zero-order valence-electron chi connectivity index (χ0n) is 12.7. The van der Waals surface area contributed by atoms with E-state index in [1.165, 1.54) is 0 Å². The first-order chi connectivity index (χ1) is 11.0. The lowest BCUT2D eigenvalue weighted by atomic mass is 10.1. The predicted molar refractivity (Wildman–Crippen MR) is 92.6 cm³/mol. The number of hydrogen-bond donors (Lipinski definition) is 1. The van der Waals surface area contributed by atoms with E-state index >= 15 is 0 Å². The summed E-state index contributed by atoms with van der Waals surface area (Å²) in [5.41, 5.74) is 1.81. The van der Waals surface area contributed by atoms with Gasteiger partial charge in [-0.15, -0.1) is 0 Å². The van der Waals surface area contributed by atoms with E-state index in [2.05, 4.69) is 26.2 Å². The average Bonchev–Trinajstić information content (AvgIpc) is 2.55. The third kappa shape index (κ3) is 3.47. The van der Waals surface area contributed by atoms with Gasteiger partial charge in [0.2, 0.25) is 10.0 Å². The van der Waals surface area contributed by atoms with E-state index < -0.39 is 10.0 Å². The van der Waals surface area contributed by atoms with Crippen molar-refractivity contribution in [3.05, 3.63) is 58.3 Å². The van der Waals surface area contributed by atoms with Gasteiger partial charge < -0.3 is 5.32 Å². The fourth-order valence-electron chi connectivity index (χ4n) is 2.82. The Kier molecular flexibility index (Phi) is 4.82. The molecule has 23 heavy (non-hydrogen) atoms. The van der Waals surface area contributed by atoms with Crippen LogP contribution in [-0.2, 0) is 10.0 Å². The molecule has 0 aliphatic carbocycles. The Balaban J connectivity index is 2.02. The molecule has 122 valence electrons. The number of piperazine rings is 1. The van der Waals surface area contributed by atoms with Gasteiger partial charge in [-0.3, -0.25) is 4.98 Å². The number of rotatable bonds is 3. The highest BCUT2D eigenvalue weighted by Gasteiger charge is 2.34. The Labute approximate surface area is 144 Å². The summed E-state index contributed by atoms with van der Waals surface area (Å²) in [5.74, 6) is 0. The first kappa shape index (κ1) is 16.6. The minimum Gasteiger partial charge on any atom is -0.313 e. The molecule has 1 aromatic carbocycles. The second-order valence-electron chi connectivity index (χ2n) is 5.59. The fourth-order valence-corrected chi connectivity index (χ4v) is 5.32. The summed E-state index contributed by atoms with van der Waals surface area (Å²) in [6, 6.07) is 8.77. The largest absolute Gasteiger partial charge is 0.313 e. The maximum atomic E-state index is 13.1. The zero-order valence-corrected chi connectivity index (χ0v) is 15.1. The minimum absolute atomic E-state index is 0.248. The summed E-state index contributed by atoms with van der Waals surface area (Å²) in [4.78, 5) is 4.44. The van der Waals surface area contributed by atoms with E-state index in [9.17, 15) is 8.42 Å². The molecule has 0 saturated carbocycles. The molecular weight excluding hydrogens is 378 g/mol. The van der Waals surface area contributed by atoms with Gasteiger partial charge in [0, 0.05) is 36.5 Å². The van der Waals surface area contributed by atoms with Crippen LogP contribution >= 0.6 is 15.9 Å².